The van der Waals surface area contributed by atoms with Crippen molar-refractivity contribution < 1.29 is 18.0 Å². The molecule has 0 saturated carbocycles. The summed E-state index contributed by atoms with van der Waals surface area (Å²) in [6.07, 6.45) is -0.00749. The van der Waals surface area contributed by atoms with E-state index < -0.39 is 15.9 Å². The van der Waals surface area contributed by atoms with Gasteiger partial charge in [0.1, 0.15) is 5.84 Å². The van der Waals surface area contributed by atoms with Crippen LogP contribution in [0, 0.1) is 0 Å². The summed E-state index contributed by atoms with van der Waals surface area (Å²) < 4.78 is 24.5. The second kappa shape index (κ2) is 5.20. The normalized spacial score (nSPS) is 20.4. The molecule has 2 aliphatic heterocycles. The van der Waals surface area contributed by atoms with Crippen LogP contribution < -0.4 is 4.31 Å². The van der Waals surface area contributed by atoms with Crippen LogP contribution in [0.2, 0.25) is 0 Å². The summed E-state index contributed by atoms with van der Waals surface area (Å²) in [5.74, 6) is -0.121. The lowest BCUT2D eigenvalue weighted by Crippen LogP contribution is -2.33. The van der Waals surface area contributed by atoms with E-state index in [-0.39, 0.29) is 23.8 Å². The van der Waals surface area contributed by atoms with E-state index in [1.54, 1.807) is 11.8 Å². The Kier molecular flexibility index (Phi) is 3.48. The molecule has 1 saturated heterocycles. The van der Waals surface area contributed by atoms with Gasteiger partial charge in [-0.1, -0.05) is 0 Å². The minimum atomic E-state index is -3.58. The number of carbonyl (C=O) groups is 2. The smallest absolute Gasteiger partial charge is 0.259 e. The molecule has 2 heterocycles. The fourth-order valence-corrected chi connectivity index (χ4v) is 4.03. The molecule has 0 atom stereocenters. The molecule has 0 unspecified atom stereocenters. The molecule has 8 heteroatoms. The number of nitrogens with zero attached hydrogens (tertiary/aromatic N) is 3. The lowest BCUT2D eigenvalue weighted by molar-refractivity contribution is -0.116. The number of sulfonamides is 1. The zero-order valence-electron chi connectivity index (χ0n) is 12.0. The summed E-state index contributed by atoms with van der Waals surface area (Å²) in [5, 5.41) is 0. The zero-order valence-corrected chi connectivity index (χ0v) is 12.8. The standard InChI is InChI=1S/C14H15N3O4S/c1-10-15-7-8-16(10)14(19)11-2-4-12(5-3-11)17-13(18)6-9-22(17,20)21/h2-5H,6-9H2,1H3. The molecule has 0 aliphatic carbocycles. The van der Waals surface area contributed by atoms with Gasteiger partial charge in [-0.3, -0.25) is 19.5 Å². The molecule has 2 amide bonds. The molecule has 116 valence electrons. The summed E-state index contributed by atoms with van der Waals surface area (Å²) in [4.78, 5) is 29.8. The van der Waals surface area contributed by atoms with E-state index in [4.69, 9.17) is 0 Å². The summed E-state index contributed by atoms with van der Waals surface area (Å²) in [5.41, 5.74) is 0.704. The van der Waals surface area contributed by atoms with E-state index in [1.165, 1.54) is 24.3 Å². The van der Waals surface area contributed by atoms with Crippen molar-refractivity contribution in [2.75, 3.05) is 23.1 Å². The van der Waals surface area contributed by atoms with Gasteiger partial charge < -0.3 is 0 Å². The highest BCUT2D eigenvalue weighted by molar-refractivity contribution is 7.94. The molecule has 0 aromatic heterocycles. The fraction of sp³-hybridized carbons (Fsp3) is 0.357. The highest BCUT2D eigenvalue weighted by Gasteiger charge is 2.36. The monoisotopic (exact) mass is 321 g/mol. The van der Waals surface area contributed by atoms with Crippen molar-refractivity contribution in [2.45, 2.75) is 13.3 Å². The number of carbonyl (C=O) groups excluding carboxylic acids is 2. The predicted octanol–water partition coefficient (Wildman–Crippen LogP) is 0.627. The Bertz CT molecular complexity index is 768. The first-order chi connectivity index (χ1) is 10.4. The zero-order chi connectivity index (χ0) is 15.9. The molecule has 2 aliphatic rings. The van der Waals surface area contributed by atoms with Crippen LogP contribution in [0.5, 0.6) is 0 Å². The lowest BCUT2D eigenvalue weighted by atomic mass is 10.1. The Hall–Kier alpha value is -2.22. The first-order valence-electron chi connectivity index (χ1n) is 6.89. The number of benzene rings is 1. The molecule has 22 heavy (non-hydrogen) atoms. The van der Waals surface area contributed by atoms with Crippen LogP contribution in [0.25, 0.3) is 0 Å². The summed E-state index contributed by atoms with van der Waals surface area (Å²) in [6.45, 7) is 2.91. The molecular weight excluding hydrogens is 306 g/mol. The minimum absolute atomic E-state index is 0.00749. The Morgan fingerprint density at radius 1 is 1.23 bits per heavy atom. The average molecular weight is 321 g/mol. The molecule has 1 aromatic rings. The van der Waals surface area contributed by atoms with Gasteiger partial charge in [-0.05, 0) is 31.2 Å². The fourth-order valence-electron chi connectivity index (χ4n) is 2.57. The number of aliphatic imine (C=N–C) groups is 1. The summed E-state index contributed by atoms with van der Waals surface area (Å²) >= 11 is 0. The van der Waals surface area contributed by atoms with Crippen LogP contribution in [0.3, 0.4) is 0 Å². The van der Waals surface area contributed by atoms with Gasteiger partial charge in [-0.25, -0.2) is 12.7 Å². The number of hydrogen-bond donors (Lipinski definition) is 0. The van der Waals surface area contributed by atoms with Gasteiger partial charge in [-0.2, -0.15) is 0 Å². The number of amides is 2. The SMILES string of the molecule is CC1=NCCN1C(=O)c1ccc(N2C(=O)CCS2(=O)=O)cc1. The topological polar surface area (TPSA) is 87.1 Å². The van der Waals surface area contributed by atoms with Gasteiger partial charge in [0.25, 0.3) is 5.91 Å². The first-order valence-corrected chi connectivity index (χ1v) is 8.50. The van der Waals surface area contributed by atoms with Crippen molar-refractivity contribution in [3.8, 4) is 0 Å². The van der Waals surface area contributed by atoms with E-state index in [9.17, 15) is 18.0 Å². The molecule has 1 fully saturated rings. The second-order valence-corrected chi connectivity index (χ2v) is 7.09. The van der Waals surface area contributed by atoms with Crippen molar-refractivity contribution in [3.63, 3.8) is 0 Å². The lowest BCUT2D eigenvalue weighted by Gasteiger charge is -2.18. The molecule has 7 nitrogen and oxygen atoms in total. The Morgan fingerprint density at radius 3 is 2.41 bits per heavy atom. The second-order valence-electron chi connectivity index (χ2n) is 5.16. The molecular formula is C14H15N3O4S. The molecule has 0 radical (unpaired) electrons. The van der Waals surface area contributed by atoms with Crippen molar-refractivity contribution in [2.24, 2.45) is 4.99 Å². The van der Waals surface area contributed by atoms with Crippen LogP contribution in [-0.2, 0) is 14.8 Å². The van der Waals surface area contributed by atoms with Crippen molar-refractivity contribution in [1.82, 2.24) is 4.90 Å². The highest BCUT2D eigenvalue weighted by atomic mass is 32.2. The summed E-state index contributed by atoms with van der Waals surface area (Å²) in [6, 6.07) is 6.03. The van der Waals surface area contributed by atoms with Crippen molar-refractivity contribution >= 4 is 33.4 Å². The Morgan fingerprint density at radius 2 is 1.91 bits per heavy atom. The molecule has 3 rings (SSSR count). The number of rotatable bonds is 2. The van der Waals surface area contributed by atoms with Crippen LogP contribution in [0.15, 0.2) is 29.3 Å². The van der Waals surface area contributed by atoms with E-state index in [1.807, 2.05) is 0 Å². The third-order valence-electron chi connectivity index (χ3n) is 3.73. The first kappa shape index (κ1) is 14.7. The maximum atomic E-state index is 12.3. The molecule has 0 N–H and O–H groups in total. The highest BCUT2D eigenvalue weighted by Crippen LogP contribution is 2.25. The van der Waals surface area contributed by atoms with Crippen LogP contribution in [0.4, 0.5) is 5.69 Å². The Labute approximate surface area is 128 Å². The number of anilines is 1. The molecule has 1 aromatic carbocycles. The quantitative estimate of drug-likeness (QED) is 0.799. The van der Waals surface area contributed by atoms with Gasteiger partial charge in [0, 0.05) is 18.5 Å². The number of amidine groups is 1. The Balaban J connectivity index is 1.86. The van der Waals surface area contributed by atoms with Crippen LogP contribution >= 0.6 is 0 Å². The molecule has 0 spiro atoms. The van der Waals surface area contributed by atoms with Gasteiger partial charge in [0.05, 0.1) is 18.0 Å². The van der Waals surface area contributed by atoms with Crippen LogP contribution in [-0.4, -0.2) is 49.8 Å². The number of hydrogen-bond acceptors (Lipinski definition) is 5. The van der Waals surface area contributed by atoms with E-state index in [0.29, 0.717) is 24.5 Å². The van der Waals surface area contributed by atoms with Gasteiger partial charge >= 0.3 is 0 Å². The van der Waals surface area contributed by atoms with Crippen molar-refractivity contribution in [1.29, 1.82) is 0 Å². The van der Waals surface area contributed by atoms with Gasteiger partial charge in [-0.15, -0.1) is 0 Å². The maximum absolute atomic E-state index is 12.3. The van der Waals surface area contributed by atoms with Gasteiger partial charge in [0.15, 0.2) is 0 Å². The van der Waals surface area contributed by atoms with Crippen LogP contribution in [0.1, 0.15) is 23.7 Å². The third-order valence-corrected chi connectivity index (χ3v) is 5.42. The van der Waals surface area contributed by atoms with E-state index in [0.717, 1.165) is 4.31 Å². The predicted molar refractivity (Wildman–Crippen MR) is 81.3 cm³/mol. The average Bonchev–Trinajstić information content (AvgIpc) is 3.02. The molecule has 0 bridgehead atoms. The third kappa shape index (κ3) is 2.39. The summed E-state index contributed by atoms with van der Waals surface area (Å²) in [7, 11) is -3.58. The maximum Gasteiger partial charge on any atom is 0.259 e. The van der Waals surface area contributed by atoms with Crippen molar-refractivity contribution in [3.05, 3.63) is 29.8 Å². The van der Waals surface area contributed by atoms with Gasteiger partial charge in [0.2, 0.25) is 15.9 Å². The van der Waals surface area contributed by atoms with E-state index >= 15 is 0 Å². The van der Waals surface area contributed by atoms with E-state index in [2.05, 4.69) is 4.99 Å². The largest absolute Gasteiger partial charge is 0.295 e. The minimum Gasteiger partial charge on any atom is -0.295 e.